The lowest BCUT2D eigenvalue weighted by atomic mass is 10.2. The van der Waals surface area contributed by atoms with E-state index in [1.165, 1.54) is 11.3 Å². The zero-order valence-electron chi connectivity index (χ0n) is 12.3. The molecule has 108 valence electrons. The van der Waals surface area contributed by atoms with Crippen molar-refractivity contribution < 1.29 is 0 Å². The van der Waals surface area contributed by atoms with Crippen LogP contribution >= 0.6 is 0 Å². The Morgan fingerprint density at radius 1 is 1.20 bits per heavy atom. The van der Waals surface area contributed by atoms with Gasteiger partial charge in [0.15, 0.2) is 5.82 Å². The van der Waals surface area contributed by atoms with Crippen LogP contribution in [0.4, 0.5) is 5.69 Å². The molecule has 0 amide bonds. The van der Waals surface area contributed by atoms with E-state index in [1.54, 1.807) is 0 Å². The first-order chi connectivity index (χ1) is 9.74. The number of nitrogens with zero attached hydrogens (tertiary/aromatic N) is 4. The zero-order valence-corrected chi connectivity index (χ0v) is 12.3. The van der Waals surface area contributed by atoms with Crippen molar-refractivity contribution in [2.45, 2.75) is 33.4 Å². The van der Waals surface area contributed by atoms with E-state index in [0.29, 0.717) is 5.82 Å². The molecule has 2 N–H and O–H groups in total. The summed E-state index contributed by atoms with van der Waals surface area (Å²) in [6, 6.07) is 8.73. The van der Waals surface area contributed by atoms with Crippen LogP contribution in [-0.2, 0) is 6.54 Å². The molecule has 2 aromatic rings. The molecule has 6 nitrogen and oxygen atoms in total. The van der Waals surface area contributed by atoms with Gasteiger partial charge < -0.3 is 10.2 Å². The Labute approximate surface area is 119 Å². The summed E-state index contributed by atoms with van der Waals surface area (Å²) in [5.41, 5.74) is 2.52. The van der Waals surface area contributed by atoms with E-state index in [2.05, 4.69) is 69.0 Å². The van der Waals surface area contributed by atoms with Crippen LogP contribution < -0.4 is 10.2 Å². The summed E-state index contributed by atoms with van der Waals surface area (Å²) in [7, 11) is 0. The monoisotopic (exact) mass is 274 g/mol. The highest BCUT2D eigenvalue weighted by Crippen LogP contribution is 2.15. The van der Waals surface area contributed by atoms with E-state index >= 15 is 0 Å². The molecule has 0 saturated carbocycles. The number of rotatable bonds is 7. The SMILES string of the molecule is CCN(CC)c1ccc(CNC(C)c2nn[nH]n2)cc1. The third-order valence-corrected chi connectivity index (χ3v) is 3.43. The number of hydrogen-bond acceptors (Lipinski definition) is 5. The predicted octanol–water partition coefficient (Wildman–Crippen LogP) is 1.90. The van der Waals surface area contributed by atoms with E-state index in [-0.39, 0.29) is 6.04 Å². The molecule has 1 heterocycles. The van der Waals surface area contributed by atoms with Crippen molar-refractivity contribution in [1.29, 1.82) is 0 Å². The summed E-state index contributed by atoms with van der Waals surface area (Å²) in [4.78, 5) is 2.33. The molecule has 0 aliphatic carbocycles. The van der Waals surface area contributed by atoms with E-state index in [1.807, 2.05) is 6.92 Å². The molecule has 1 aromatic carbocycles. The second-order valence-electron chi connectivity index (χ2n) is 4.71. The summed E-state index contributed by atoms with van der Waals surface area (Å²) in [6.07, 6.45) is 0. The second kappa shape index (κ2) is 7.00. The molecular formula is C14H22N6. The van der Waals surface area contributed by atoms with Gasteiger partial charge in [0, 0.05) is 25.3 Å². The van der Waals surface area contributed by atoms with Gasteiger partial charge >= 0.3 is 0 Å². The van der Waals surface area contributed by atoms with E-state index in [0.717, 1.165) is 19.6 Å². The van der Waals surface area contributed by atoms with Crippen molar-refractivity contribution in [3.63, 3.8) is 0 Å². The fourth-order valence-corrected chi connectivity index (χ4v) is 2.13. The van der Waals surface area contributed by atoms with Gasteiger partial charge in [-0.15, -0.1) is 10.2 Å². The van der Waals surface area contributed by atoms with Gasteiger partial charge in [-0.25, -0.2) is 0 Å². The molecule has 0 fully saturated rings. The highest BCUT2D eigenvalue weighted by molar-refractivity contribution is 5.47. The first-order valence-electron chi connectivity index (χ1n) is 7.05. The number of H-pyrrole nitrogens is 1. The Morgan fingerprint density at radius 2 is 1.90 bits per heavy atom. The summed E-state index contributed by atoms with van der Waals surface area (Å²) in [5, 5.41) is 17.4. The van der Waals surface area contributed by atoms with Crippen LogP contribution in [0.3, 0.4) is 0 Å². The summed E-state index contributed by atoms with van der Waals surface area (Å²) >= 11 is 0. The number of nitrogens with one attached hydrogen (secondary N) is 2. The molecule has 0 saturated heterocycles. The molecule has 0 bridgehead atoms. The number of aromatic amines is 1. The molecule has 0 radical (unpaired) electrons. The van der Waals surface area contributed by atoms with Gasteiger partial charge in [0.25, 0.3) is 0 Å². The molecule has 0 spiro atoms. The third kappa shape index (κ3) is 3.54. The fraction of sp³-hybridized carbons (Fsp3) is 0.500. The highest BCUT2D eigenvalue weighted by Gasteiger charge is 2.09. The molecule has 20 heavy (non-hydrogen) atoms. The smallest absolute Gasteiger partial charge is 0.191 e. The molecule has 1 aromatic heterocycles. The molecule has 2 rings (SSSR count). The van der Waals surface area contributed by atoms with Gasteiger partial charge in [-0.2, -0.15) is 5.21 Å². The van der Waals surface area contributed by atoms with E-state index < -0.39 is 0 Å². The van der Waals surface area contributed by atoms with Crippen LogP contribution in [0.2, 0.25) is 0 Å². The number of tetrazole rings is 1. The Bertz CT molecular complexity index is 489. The Hall–Kier alpha value is -1.95. The van der Waals surface area contributed by atoms with E-state index in [9.17, 15) is 0 Å². The average Bonchev–Trinajstić information content (AvgIpc) is 3.01. The quantitative estimate of drug-likeness (QED) is 0.807. The minimum atomic E-state index is 0.0798. The van der Waals surface area contributed by atoms with Crippen LogP contribution in [0.25, 0.3) is 0 Å². The lowest BCUT2D eigenvalue weighted by Gasteiger charge is -2.21. The van der Waals surface area contributed by atoms with Gasteiger partial charge in [0.1, 0.15) is 0 Å². The van der Waals surface area contributed by atoms with Gasteiger partial charge in [0.2, 0.25) is 0 Å². The first-order valence-corrected chi connectivity index (χ1v) is 7.05. The minimum Gasteiger partial charge on any atom is -0.372 e. The summed E-state index contributed by atoms with van der Waals surface area (Å²) in [5.74, 6) is 0.685. The Balaban J connectivity index is 1.91. The molecule has 0 aliphatic heterocycles. The molecular weight excluding hydrogens is 252 g/mol. The summed E-state index contributed by atoms with van der Waals surface area (Å²) in [6.45, 7) is 9.21. The Morgan fingerprint density at radius 3 is 2.45 bits per heavy atom. The minimum absolute atomic E-state index is 0.0798. The number of anilines is 1. The normalized spacial score (nSPS) is 12.3. The zero-order chi connectivity index (χ0) is 14.4. The topological polar surface area (TPSA) is 69.7 Å². The largest absolute Gasteiger partial charge is 0.372 e. The molecule has 6 heteroatoms. The van der Waals surface area contributed by atoms with Gasteiger partial charge in [-0.1, -0.05) is 17.3 Å². The van der Waals surface area contributed by atoms with Crippen molar-refractivity contribution in [2.75, 3.05) is 18.0 Å². The lowest BCUT2D eigenvalue weighted by Crippen LogP contribution is -2.22. The van der Waals surface area contributed by atoms with Crippen molar-refractivity contribution in [1.82, 2.24) is 25.9 Å². The molecule has 0 aliphatic rings. The number of aromatic nitrogens is 4. The van der Waals surface area contributed by atoms with Gasteiger partial charge in [-0.3, -0.25) is 0 Å². The van der Waals surface area contributed by atoms with Crippen molar-refractivity contribution in [3.05, 3.63) is 35.7 Å². The second-order valence-corrected chi connectivity index (χ2v) is 4.71. The highest BCUT2D eigenvalue weighted by atomic mass is 15.5. The molecule has 1 unspecified atom stereocenters. The van der Waals surface area contributed by atoms with Crippen LogP contribution in [0.5, 0.6) is 0 Å². The van der Waals surface area contributed by atoms with E-state index in [4.69, 9.17) is 0 Å². The number of benzene rings is 1. The summed E-state index contributed by atoms with van der Waals surface area (Å²) < 4.78 is 0. The maximum absolute atomic E-state index is 3.97. The van der Waals surface area contributed by atoms with Crippen LogP contribution in [0.1, 0.15) is 38.2 Å². The molecule has 1 atom stereocenters. The van der Waals surface area contributed by atoms with Crippen molar-refractivity contribution in [2.24, 2.45) is 0 Å². The Kier molecular flexibility index (Phi) is 5.06. The van der Waals surface area contributed by atoms with Crippen molar-refractivity contribution in [3.8, 4) is 0 Å². The predicted molar refractivity (Wildman–Crippen MR) is 79.4 cm³/mol. The van der Waals surface area contributed by atoms with Crippen LogP contribution in [0.15, 0.2) is 24.3 Å². The third-order valence-electron chi connectivity index (χ3n) is 3.43. The maximum Gasteiger partial charge on any atom is 0.191 e. The first kappa shape index (κ1) is 14.5. The fourth-order valence-electron chi connectivity index (χ4n) is 2.13. The van der Waals surface area contributed by atoms with Crippen LogP contribution in [0, 0.1) is 0 Å². The average molecular weight is 274 g/mol. The standard InChI is InChI=1S/C14H22N6/c1-4-20(5-2)13-8-6-12(7-9-13)10-15-11(3)14-16-18-19-17-14/h6-9,11,15H,4-5,10H2,1-3H3,(H,16,17,18,19). The van der Waals surface area contributed by atoms with Crippen LogP contribution in [-0.4, -0.2) is 33.7 Å². The number of hydrogen-bond donors (Lipinski definition) is 2. The maximum atomic E-state index is 3.97. The lowest BCUT2D eigenvalue weighted by molar-refractivity contribution is 0.547. The van der Waals surface area contributed by atoms with Gasteiger partial charge in [0.05, 0.1) is 6.04 Å². The van der Waals surface area contributed by atoms with Gasteiger partial charge in [-0.05, 0) is 38.5 Å². The van der Waals surface area contributed by atoms with Crippen molar-refractivity contribution >= 4 is 5.69 Å².